The summed E-state index contributed by atoms with van der Waals surface area (Å²) < 4.78 is 11.2. The van der Waals surface area contributed by atoms with Crippen molar-refractivity contribution >= 4 is 52.2 Å². The Hall–Kier alpha value is -4.27. The van der Waals surface area contributed by atoms with Crippen LogP contribution < -0.4 is 9.84 Å². The van der Waals surface area contributed by atoms with Gasteiger partial charge >= 0.3 is 0 Å². The Morgan fingerprint density at radius 3 is 2.55 bits per heavy atom. The quantitative estimate of drug-likeness (QED) is 0.274. The van der Waals surface area contributed by atoms with Crippen LogP contribution in [0.4, 0.5) is 5.69 Å². The molecule has 5 rings (SSSR count). The molecule has 190 valence electrons. The molecule has 1 amide bonds. The molecule has 1 aromatic heterocycles. The molecule has 0 bridgehead atoms. The van der Waals surface area contributed by atoms with Crippen molar-refractivity contribution in [1.82, 2.24) is 4.90 Å². The summed E-state index contributed by atoms with van der Waals surface area (Å²) in [7, 11) is 1.60. The maximum absolute atomic E-state index is 13.5. The maximum atomic E-state index is 13.5. The first-order chi connectivity index (χ1) is 18.4. The summed E-state index contributed by atoms with van der Waals surface area (Å²) in [6, 6.07) is 24.9. The number of aliphatic imine (C=N–C) groups is 1. The van der Waals surface area contributed by atoms with Gasteiger partial charge in [-0.25, -0.2) is 4.99 Å². The molecule has 3 aromatic carbocycles. The van der Waals surface area contributed by atoms with E-state index in [2.05, 4.69) is 0 Å². The Kier molecular flexibility index (Phi) is 7.35. The van der Waals surface area contributed by atoms with Crippen molar-refractivity contribution in [2.24, 2.45) is 4.99 Å². The molecule has 0 N–H and O–H groups in total. The van der Waals surface area contributed by atoms with Gasteiger partial charge in [-0.2, -0.15) is 0 Å². The van der Waals surface area contributed by atoms with Crippen molar-refractivity contribution in [1.29, 1.82) is 0 Å². The number of hydrogen-bond acceptors (Lipinski definition) is 7. The van der Waals surface area contributed by atoms with Crippen LogP contribution in [0.2, 0.25) is 5.02 Å². The minimum atomic E-state index is -1.37. The SMILES string of the molecule is COc1ccc(CN2C(=O)/C(=C\c3ccc(-c4ccc(Cl)c(C(=O)[O-])c4)o3)SC2=Nc2ccccc2)cc1. The van der Waals surface area contributed by atoms with Crippen LogP contribution in [0, 0.1) is 0 Å². The number of halogens is 1. The molecule has 0 radical (unpaired) electrons. The van der Waals surface area contributed by atoms with Gasteiger partial charge in [-0.05, 0) is 71.9 Å². The molecule has 0 spiro atoms. The van der Waals surface area contributed by atoms with E-state index in [-0.39, 0.29) is 16.5 Å². The lowest BCUT2D eigenvalue weighted by Gasteiger charge is -2.16. The van der Waals surface area contributed by atoms with Crippen molar-refractivity contribution in [2.45, 2.75) is 6.54 Å². The third-order valence-electron chi connectivity index (χ3n) is 5.74. The molecule has 0 atom stereocenters. The number of rotatable bonds is 7. The van der Waals surface area contributed by atoms with Gasteiger partial charge in [-0.3, -0.25) is 9.69 Å². The Labute approximate surface area is 228 Å². The van der Waals surface area contributed by atoms with Gasteiger partial charge in [0.05, 0.1) is 30.2 Å². The number of amidine groups is 1. The number of carbonyl (C=O) groups excluding carboxylic acids is 2. The smallest absolute Gasteiger partial charge is 0.267 e. The number of aromatic carboxylic acids is 1. The fourth-order valence-corrected chi connectivity index (χ4v) is 4.98. The lowest BCUT2D eigenvalue weighted by molar-refractivity contribution is -0.255. The summed E-state index contributed by atoms with van der Waals surface area (Å²) in [5.74, 6) is 0.0200. The Bertz CT molecular complexity index is 1560. The van der Waals surface area contributed by atoms with Gasteiger partial charge in [0.25, 0.3) is 5.91 Å². The normalized spacial score (nSPS) is 15.4. The van der Waals surface area contributed by atoms with Crippen molar-refractivity contribution < 1.29 is 23.8 Å². The highest BCUT2D eigenvalue weighted by Gasteiger charge is 2.34. The van der Waals surface area contributed by atoms with E-state index in [1.807, 2.05) is 54.6 Å². The van der Waals surface area contributed by atoms with Crippen molar-refractivity contribution in [3.63, 3.8) is 0 Å². The first-order valence-electron chi connectivity index (χ1n) is 11.5. The molecule has 0 saturated carbocycles. The second kappa shape index (κ2) is 11.0. The number of carbonyl (C=O) groups is 2. The Morgan fingerprint density at radius 2 is 1.84 bits per heavy atom. The Balaban J connectivity index is 1.45. The highest BCUT2D eigenvalue weighted by Crippen LogP contribution is 2.36. The van der Waals surface area contributed by atoms with Gasteiger partial charge in [0.2, 0.25) is 0 Å². The molecule has 7 nitrogen and oxygen atoms in total. The fourth-order valence-electron chi connectivity index (χ4n) is 3.81. The molecule has 1 aliphatic rings. The largest absolute Gasteiger partial charge is 0.545 e. The van der Waals surface area contributed by atoms with Crippen LogP contribution in [0.1, 0.15) is 21.7 Å². The minimum Gasteiger partial charge on any atom is -0.545 e. The van der Waals surface area contributed by atoms with Crippen molar-refractivity contribution in [2.75, 3.05) is 7.11 Å². The van der Waals surface area contributed by atoms with Crippen LogP contribution in [0.15, 0.2) is 99.2 Å². The average molecular weight is 544 g/mol. The molecule has 38 heavy (non-hydrogen) atoms. The first kappa shape index (κ1) is 25.4. The van der Waals surface area contributed by atoms with Crippen LogP contribution in [0.3, 0.4) is 0 Å². The second-order valence-corrected chi connectivity index (χ2v) is 9.68. The van der Waals surface area contributed by atoms with Crippen LogP contribution in [0.25, 0.3) is 17.4 Å². The van der Waals surface area contributed by atoms with Crippen LogP contribution in [0.5, 0.6) is 5.75 Å². The Morgan fingerprint density at radius 1 is 1.08 bits per heavy atom. The number of ether oxygens (including phenoxy) is 1. The fraction of sp³-hybridized carbons (Fsp3) is 0.0690. The van der Waals surface area contributed by atoms with Gasteiger partial charge in [0, 0.05) is 22.2 Å². The van der Waals surface area contributed by atoms with E-state index in [1.54, 1.807) is 36.3 Å². The monoisotopic (exact) mass is 543 g/mol. The zero-order chi connectivity index (χ0) is 26.6. The summed E-state index contributed by atoms with van der Waals surface area (Å²) >= 11 is 7.20. The number of thioether (sulfide) groups is 1. The molecule has 1 saturated heterocycles. The average Bonchev–Trinajstić information content (AvgIpc) is 3.50. The van der Waals surface area contributed by atoms with Crippen molar-refractivity contribution in [3.05, 3.63) is 112 Å². The van der Waals surface area contributed by atoms with E-state index in [0.29, 0.717) is 33.7 Å². The molecular formula is C29H20ClN2O5S-. The van der Waals surface area contributed by atoms with E-state index in [4.69, 9.17) is 25.7 Å². The van der Waals surface area contributed by atoms with Crippen LogP contribution in [-0.4, -0.2) is 29.1 Å². The highest BCUT2D eigenvalue weighted by molar-refractivity contribution is 8.18. The number of hydrogen-bond donors (Lipinski definition) is 0. The number of furan rings is 1. The molecule has 1 fully saturated rings. The van der Waals surface area contributed by atoms with Gasteiger partial charge < -0.3 is 19.1 Å². The third-order valence-corrected chi connectivity index (χ3v) is 7.08. The minimum absolute atomic E-state index is 0.0813. The van der Waals surface area contributed by atoms with E-state index >= 15 is 0 Å². The number of methoxy groups -OCH3 is 1. The molecule has 0 aliphatic carbocycles. The summed E-state index contributed by atoms with van der Waals surface area (Å²) in [6.07, 6.45) is 1.65. The molecule has 4 aromatic rings. The molecule has 1 aliphatic heterocycles. The van der Waals surface area contributed by atoms with Gasteiger partial charge in [0.1, 0.15) is 17.3 Å². The van der Waals surface area contributed by atoms with Crippen LogP contribution in [-0.2, 0) is 11.3 Å². The zero-order valence-corrected chi connectivity index (χ0v) is 21.7. The van der Waals surface area contributed by atoms with Gasteiger partial charge in [0.15, 0.2) is 5.17 Å². The lowest BCUT2D eigenvalue weighted by atomic mass is 10.1. The molecule has 2 heterocycles. The maximum Gasteiger partial charge on any atom is 0.267 e. The predicted octanol–water partition coefficient (Wildman–Crippen LogP) is 5.78. The van der Waals surface area contributed by atoms with Crippen LogP contribution >= 0.6 is 23.4 Å². The number of carboxylic acid groups (broad SMARTS) is 1. The predicted molar refractivity (Wildman–Crippen MR) is 146 cm³/mol. The third kappa shape index (κ3) is 5.51. The molecule has 0 unspecified atom stereocenters. The van der Waals surface area contributed by atoms with E-state index in [9.17, 15) is 14.7 Å². The second-order valence-electron chi connectivity index (χ2n) is 8.26. The van der Waals surface area contributed by atoms with E-state index < -0.39 is 5.97 Å². The number of carboxylic acids is 1. The molecular weight excluding hydrogens is 524 g/mol. The first-order valence-corrected chi connectivity index (χ1v) is 12.7. The summed E-state index contributed by atoms with van der Waals surface area (Å²) in [4.78, 5) is 31.6. The van der Waals surface area contributed by atoms with E-state index in [1.165, 1.54) is 23.9 Å². The zero-order valence-electron chi connectivity index (χ0n) is 20.1. The number of para-hydroxylation sites is 1. The lowest BCUT2D eigenvalue weighted by Crippen LogP contribution is -2.28. The highest BCUT2D eigenvalue weighted by atomic mass is 35.5. The number of benzene rings is 3. The topological polar surface area (TPSA) is 95.2 Å². The van der Waals surface area contributed by atoms with Crippen molar-refractivity contribution in [3.8, 4) is 17.1 Å². The number of nitrogens with zero attached hydrogens (tertiary/aromatic N) is 2. The summed E-state index contributed by atoms with van der Waals surface area (Å²) in [5, 5.41) is 12.0. The van der Waals surface area contributed by atoms with Gasteiger partial charge in [-0.15, -0.1) is 0 Å². The molecule has 9 heteroatoms. The standard InChI is InChI=1S/C29H21ClN2O5S/c1-36-21-10-7-18(8-11-21)17-32-27(33)26(38-29(32)31-20-5-3-2-4-6-20)16-22-12-14-25(37-22)19-9-13-24(30)23(15-19)28(34)35/h2-16H,17H2,1H3,(H,34,35)/p-1/b26-16+,31-29?. The summed E-state index contributed by atoms with van der Waals surface area (Å²) in [5.41, 5.74) is 2.05. The van der Waals surface area contributed by atoms with E-state index in [0.717, 1.165) is 17.0 Å². The summed E-state index contributed by atoms with van der Waals surface area (Å²) in [6.45, 7) is 0.332. The number of amides is 1. The van der Waals surface area contributed by atoms with Gasteiger partial charge in [-0.1, -0.05) is 41.9 Å².